The minimum Gasteiger partial charge on any atom is -0.464 e. The van der Waals surface area contributed by atoms with E-state index in [4.69, 9.17) is 24.2 Å². The average Bonchev–Trinajstić information content (AvgIpc) is 3.85. The molecule has 3 aromatic heterocycles. The lowest BCUT2D eigenvalue weighted by molar-refractivity contribution is -0.155. The lowest BCUT2D eigenvalue weighted by Crippen LogP contribution is -2.62. The molecule has 4 aromatic rings. The number of hydrogen-bond donors (Lipinski definition) is 2. The van der Waals surface area contributed by atoms with E-state index in [0.29, 0.717) is 57.1 Å². The van der Waals surface area contributed by atoms with Crippen LogP contribution in [0.5, 0.6) is 0 Å². The van der Waals surface area contributed by atoms with E-state index < -0.39 is 41.3 Å². The molecule has 1 aromatic carbocycles. The van der Waals surface area contributed by atoms with E-state index in [2.05, 4.69) is 60.3 Å². The van der Waals surface area contributed by atoms with Gasteiger partial charge in [0.1, 0.15) is 18.1 Å². The first-order valence-corrected chi connectivity index (χ1v) is 22.7. The molecule has 0 spiro atoms. The van der Waals surface area contributed by atoms with Crippen LogP contribution in [-0.4, -0.2) is 124 Å². The highest BCUT2D eigenvalue weighted by atomic mass is 32.1. The number of benzene rings is 1. The zero-order valence-corrected chi connectivity index (χ0v) is 38.3. The van der Waals surface area contributed by atoms with Crippen LogP contribution in [0.3, 0.4) is 0 Å². The van der Waals surface area contributed by atoms with E-state index in [-0.39, 0.29) is 37.2 Å². The summed E-state index contributed by atoms with van der Waals surface area (Å²) in [5.74, 6) is -1.56. The van der Waals surface area contributed by atoms with Crippen molar-refractivity contribution >= 4 is 46.1 Å². The molecule has 4 amide bonds. The summed E-state index contributed by atoms with van der Waals surface area (Å²) in [4.78, 5) is 69.5. The van der Waals surface area contributed by atoms with Crippen molar-refractivity contribution < 1.29 is 33.4 Å². The predicted octanol–water partition coefficient (Wildman–Crippen LogP) is 6.00. The van der Waals surface area contributed by atoms with Crippen LogP contribution < -0.4 is 10.7 Å². The maximum atomic E-state index is 14.6. The fourth-order valence-electron chi connectivity index (χ4n) is 9.08. The second-order valence-corrected chi connectivity index (χ2v) is 18.9. The molecule has 0 saturated carbocycles. The molecule has 0 radical (unpaired) electrons. The largest absolute Gasteiger partial charge is 0.464 e. The van der Waals surface area contributed by atoms with E-state index in [9.17, 15) is 19.2 Å². The van der Waals surface area contributed by atoms with Crippen LogP contribution in [0.4, 0.5) is 4.79 Å². The summed E-state index contributed by atoms with van der Waals surface area (Å²) in [6.07, 6.45) is 3.16. The molecule has 7 rings (SSSR count). The number of morpholine rings is 1. The summed E-state index contributed by atoms with van der Waals surface area (Å²) in [6.45, 7) is 16.5. The standard InChI is InChI=1S/C46H62N8O7S/c1-10-53-37-16-15-30-21-32(37)33(41(53)31-13-11-17-47-39(31)29(5)59-9)23-46(6,7)26-61-44(57)34-14-12-18-54(50-34)43(56)35(22-38-48-36(30)25-62-38)49-42(55)40(27(2)3)51(8)45(58)52-19-20-60-28(4)24-52/h11,13,15-17,21,25,27-29,34-35,40,50H,10,12,14,18-20,22-24,26H2,1-9H3,(H,49,55)/t28-,29+,34+,35+,40?/m1/s1. The highest BCUT2D eigenvalue weighted by Gasteiger charge is 2.39. The summed E-state index contributed by atoms with van der Waals surface area (Å²) in [5.41, 5.74) is 9.36. The fraction of sp³-hybridized carbons (Fsp3) is 0.565. The maximum Gasteiger partial charge on any atom is 0.324 e. The quantitative estimate of drug-likeness (QED) is 0.201. The third kappa shape index (κ3) is 9.38. The van der Waals surface area contributed by atoms with Gasteiger partial charge < -0.3 is 33.9 Å². The van der Waals surface area contributed by atoms with Crippen molar-refractivity contribution in [1.82, 2.24) is 40.1 Å². The Morgan fingerprint density at radius 1 is 1.16 bits per heavy atom. The number of hydrazine groups is 1. The van der Waals surface area contributed by atoms with Crippen molar-refractivity contribution in [1.29, 1.82) is 0 Å². The fourth-order valence-corrected chi connectivity index (χ4v) is 9.93. The Bertz CT molecular complexity index is 2290. The Balaban J connectivity index is 1.29. The highest BCUT2D eigenvalue weighted by molar-refractivity contribution is 7.10. The van der Waals surface area contributed by atoms with Crippen LogP contribution in [0, 0.1) is 11.3 Å². The first kappa shape index (κ1) is 45.1. The number of amides is 4. The molecule has 2 N–H and O–H groups in total. The highest BCUT2D eigenvalue weighted by Crippen LogP contribution is 2.42. The molecule has 3 aliphatic rings. The minimum atomic E-state index is -1.05. The lowest BCUT2D eigenvalue weighted by Gasteiger charge is -2.38. The molecule has 62 heavy (non-hydrogen) atoms. The number of pyridine rings is 1. The number of likely N-dealkylation sites (N-methyl/N-ethyl adjacent to an activating group) is 1. The molecule has 1 unspecified atom stereocenters. The molecule has 2 saturated heterocycles. The number of nitrogens with one attached hydrogen (secondary N) is 2. The number of ether oxygens (including phenoxy) is 3. The van der Waals surface area contributed by atoms with Gasteiger partial charge in [0.25, 0.3) is 5.91 Å². The summed E-state index contributed by atoms with van der Waals surface area (Å²) < 4.78 is 19.9. The number of esters is 1. The van der Waals surface area contributed by atoms with Crippen LogP contribution in [-0.2, 0) is 48.0 Å². The number of aromatic nitrogens is 3. The van der Waals surface area contributed by atoms with Gasteiger partial charge in [-0.25, -0.2) is 15.2 Å². The van der Waals surface area contributed by atoms with E-state index in [0.717, 1.165) is 44.7 Å². The Hall–Kier alpha value is -4.90. The van der Waals surface area contributed by atoms with E-state index >= 15 is 0 Å². The average molecular weight is 871 g/mol. The molecule has 0 aliphatic carbocycles. The van der Waals surface area contributed by atoms with Gasteiger partial charge >= 0.3 is 12.0 Å². The van der Waals surface area contributed by atoms with E-state index in [1.54, 1.807) is 25.3 Å². The summed E-state index contributed by atoms with van der Waals surface area (Å²) >= 11 is 1.42. The molecule has 16 heteroatoms. The Kier molecular flexibility index (Phi) is 13.7. The van der Waals surface area contributed by atoms with Crippen molar-refractivity contribution in [3.8, 4) is 22.5 Å². The number of rotatable bonds is 8. The topological polar surface area (TPSA) is 160 Å². The van der Waals surface area contributed by atoms with Crippen LogP contribution in [0.15, 0.2) is 41.9 Å². The first-order chi connectivity index (χ1) is 29.6. The minimum absolute atomic E-state index is 0.103. The molecular formula is C46H62N8O7S. The smallest absolute Gasteiger partial charge is 0.324 e. The zero-order chi connectivity index (χ0) is 44.5. The number of thiazole rings is 1. The lowest BCUT2D eigenvalue weighted by atomic mass is 9.84. The summed E-state index contributed by atoms with van der Waals surface area (Å²) in [7, 11) is 3.32. The number of nitrogens with zero attached hydrogens (tertiary/aromatic N) is 6. The van der Waals surface area contributed by atoms with Crippen molar-refractivity contribution in [3.05, 3.63) is 58.2 Å². The number of carbonyl (C=O) groups excluding carboxylic acids is 4. The molecule has 2 fully saturated rings. The van der Waals surface area contributed by atoms with Gasteiger partial charge in [0.2, 0.25) is 5.91 Å². The van der Waals surface area contributed by atoms with Gasteiger partial charge in [-0.1, -0.05) is 33.8 Å². The van der Waals surface area contributed by atoms with Gasteiger partial charge in [0.05, 0.1) is 47.5 Å². The molecule has 6 heterocycles. The van der Waals surface area contributed by atoms with Crippen molar-refractivity contribution in [2.75, 3.05) is 47.0 Å². The van der Waals surface area contributed by atoms with E-state index in [1.165, 1.54) is 21.2 Å². The number of aryl methyl sites for hydroxylation is 1. The zero-order valence-electron chi connectivity index (χ0n) is 37.5. The Labute approximate surface area is 368 Å². The third-order valence-corrected chi connectivity index (χ3v) is 13.2. The predicted molar refractivity (Wildman–Crippen MR) is 238 cm³/mol. The van der Waals surface area contributed by atoms with Gasteiger partial charge in [-0.15, -0.1) is 11.3 Å². The number of urea groups is 1. The maximum absolute atomic E-state index is 14.6. The normalized spacial score (nSPS) is 21.9. The van der Waals surface area contributed by atoms with Crippen molar-refractivity contribution in [3.63, 3.8) is 0 Å². The Morgan fingerprint density at radius 2 is 1.95 bits per heavy atom. The SMILES string of the molecule is CCn1c(-c2cccnc2[C@H](C)OC)c2c3cc(ccc31)-c1csc(n1)C[C@H](NC(=O)C(C(C)C)N(C)C(=O)N1CCO[C@H](C)C1)C(=O)N1CCC[C@H](N1)C(=O)OCC(C)(C)C2. The van der Waals surface area contributed by atoms with E-state index in [1.807, 2.05) is 39.1 Å². The molecular weight excluding hydrogens is 809 g/mol. The first-order valence-electron chi connectivity index (χ1n) is 21.9. The molecule has 3 aliphatic heterocycles. The van der Waals surface area contributed by atoms with Gasteiger partial charge in [-0.2, -0.15) is 0 Å². The number of cyclic esters (lactones) is 1. The van der Waals surface area contributed by atoms with Crippen molar-refractivity contribution in [2.45, 2.75) is 111 Å². The monoisotopic (exact) mass is 870 g/mol. The van der Waals surface area contributed by atoms with Gasteiger partial charge in [0.15, 0.2) is 0 Å². The van der Waals surface area contributed by atoms with Gasteiger partial charge in [0, 0.05) is 85.8 Å². The molecule has 5 atom stereocenters. The number of methoxy groups -OCH3 is 1. The van der Waals surface area contributed by atoms with Gasteiger partial charge in [-0.3, -0.25) is 24.4 Å². The molecule has 6 bridgehead atoms. The van der Waals surface area contributed by atoms with Crippen LogP contribution in [0.2, 0.25) is 0 Å². The molecule has 334 valence electrons. The van der Waals surface area contributed by atoms with Crippen LogP contribution >= 0.6 is 11.3 Å². The number of carbonyl (C=O) groups is 4. The number of fused-ring (bicyclic) bond motifs is 6. The number of hydrogen-bond acceptors (Lipinski definition) is 11. The Morgan fingerprint density at radius 3 is 2.68 bits per heavy atom. The van der Waals surface area contributed by atoms with Crippen LogP contribution in [0.25, 0.3) is 33.4 Å². The molecule has 15 nitrogen and oxygen atoms in total. The van der Waals surface area contributed by atoms with Crippen molar-refractivity contribution in [2.24, 2.45) is 11.3 Å². The second kappa shape index (κ2) is 18.8. The summed E-state index contributed by atoms with van der Waals surface area (Å²) in [6, 6.07) is 7.49. The second-order valence-electron chi connectivity index (χ2n) is 18.0. The van der Waals surface area contributed by atoms with Gasteiger partial charge in [-0.05, 0) is 75.8 Å². The van der Waals surface area contributed by atoms with Crippen LogP contribution in [0.1, 0.15) is 83.7 Å². The third-order valence-electron chi connectivity index (χ3n) is 12.3. The summed E-state index contributed by atoms with van der Waals surface area (Å²) in [5, 5.41) is 8.17.